The van der Waals surface area contributed by atoms with Crippen LogP contribution in [0.4, 0.5) is 17.5 Å². The van der Waals surface area contributed by atoms with Crippen molar-refractivity contribution in [2.75, 3.05) is 43.5 Å². The molecule has 0 atom stereocenters. The fourth-order valence-electron chi connectivity index (χ4n) is 3.63. The highest BCUT2D eigenvalue weighted by Crippen LogP contribution is 2.22. The zero-order chi connectivity index (χ0) is 22.5. The number of piperazine rings is 1. The predicted molar refractivity (Wildman–Crippen MR) is 127 cm³/mol. The van der Waals surface area contributed by atoms with Gasteiger partial charge in [0.1, 0.15) is 11.6 Å². The van der Waals surface area contributed by atoms with E-state index in [-0.39, 0.29) is 5.91 Å². The van der Waals surface area contributed by atoms with Crippen molar-refractivity contribution in [1.82, 2.24) is 14.9 Å². The van der Waals surface area contributed by atoms with E-state index in [1.165, 1.54) is 0 Å². The average Bonchev–Trinajstić information content (AvgIpc) is 2.81. The Labute approximate surface area is 193 Å². The number of halogens is 1. The molecule has 0 spiro atoms. The summed E-state index contributed by atoms with van der Waals surface area (Å²) in [6.45, 7) is 4.63. The molecule has 1 N–H and O–H groups in total. The van der Waals surface area contributed by atoms with Crippen molar-refractivity contribution in [2.45, 2.75) is 13.3 Å². The van der Waals surface area contributed by atoms with E-state index in [9.17, 15) is 4.79 Å². The number of anilines is 3. The largest absolute Gasteiger partial charge is 0.497 e. The van der Waals surface area contributed by atoms with Crippen LogP contribution in [0.25, 0.3) is 0 Å². The minimum absolute atomic E-state index is 0.124. The molecule has 2 heterocycles. The SMILES string of the molecule is COc1ccc(Nc2cc(C)nc(N3CCN(C(=O)Cc4ccc(Cl)cc4)CC3)n2)cc1. The lowest BCUT2D eigenvalue weighted by Crippen LogP contribution is -2.49. The van der Waals surface area contributed by atoms with Gasteiger partial charge in [-0.3, -0.25) is 4.79 Å². The molecule has 32 heavy (non-hydrogen) atoms. The molecule has 0 aliphatic carbocycles. The van der Waals surface area contributed by atoms with Gasteiger partial charge in [0.05, 0.1) is 13.5 Å². The molecule has 1 fully saturated rings. The molecule has 8 heteroatoms. The molecule has 1 amide bonds. The molecule has 1 aromatic heterocycles. The Morgan fingerprint density at radius 3 is 2.38 bits per heavy atom. The summed E-state index contributed by atoms with van der Waals surface area (Å²) in [5, 5.41) is 4.00. The molecule has 1 aliphatic rings. The molecule has 166 valence electrons. The predicted octanol–water partition coefficient (Wildman–Crippen LogP) is 4.08. The summed E-state index contributed by atoms with van der Waals surface area (Å²) in [7, 11) is 1.65. The lowest BCUT2D eigenvalue weighted by atomic mass is 10.1. The number of amides is 1. The van der Waals surface area contributed by atoms with Crippen molar-refractivity contribution in [2.24, 2.45) is 0 Å². The van der Waals surface area contributed by atoms with Gasteiger partial charge in [-0.1, -0.05) is 23.7 Å². The Morgan fingerprint density at radius 1 is 1.03 bits per heavy atom. The summed E-state index contributed by atoms with van der Waals surface area (Å²) in [6.07, 6.45) is 0.383. The molecule has 0 bridgehead atoms. The molecule has 2 aromatic carbocycles. The highest BCUT2D eigenvalue weighted by molar-refractivity contribution is 6.30. The van der Waals surface area contributed by atoms with Gasteiger partial charge in [-0.25, -0.2) is 4.98 Å². The second-order valence-electron chi connectivity index (χ2n) is 7.72. The van der Waals surface area contributed by atoms with Crippen molar-refractivity contribution in [3.8, 4) is 5.75 Å². The molecule has 1 saturated heterocycles. The van der Waals surface area contributed by atoms with Crippen LogP contribution in [0, 0.1) is 6.92 Å². The average molecular weight is 452 g/mol. The number of aromatic nitrogens is 2. The van der Waals surface area contributed by atoms with E-state index in [1.54, 1.807) is 7.11 Å². The molecule has 0 unspecified atom stereocenters. The van der Waals surface area contributed by atoms with Gasteiger partial charge in [0.2, 0.25) is 11.9 Å². The molecule has 4 rings (SSSR count). The quantitative estimate of drug-likeness (QED) is 0.609. The Bertz CT molecular complexity index is 1060. The van der Waals surface area contributed by atoms with E-state index in [4.69, 9.17) is 21.3 Å². The Kier molecular flexibility index (Phi) is 6.75. The maximum absolute atomic E-state index is 12.7. The summed E-state index contributed by atoms with van der Waals surface area (Å²) in [4.78, 5) is 26.0. The number of ether oxygens (including phenoxy) is 1. The van der Waals surface area contributed by atoms with Gasteiger partial charge in [-0.2, -0.15) is 4.98 Å². The topological polar surface area (TPSA) is 70.6 Å². The molecule has 7 nitrogen and oxygen atoms in total. The summed E-state index contributed by atoms with van der Waals surface area (Å²) in [5.74, 6) is 2.34. The fraction of sp³-hybridized carbons (Fsp3) is 0.292. The van der Waals surface area contributed by atoms with Crippen LogP contribution in [-0.2, 0) is 11.2 Å². The van der Waals surface area contributed by atoms with E-state index in [1.807, 2.05) is 66.4 Å². The zero-order valence-electron chi connectivity index (χ0n) is 18.2. The molecular formula is C24H26ClN5O2. The van der Waals surface area contributed by atoms with Gasteiger partial charge in [-0.15, -0.1) is 0 Å². The standard InChI is InChI=1S/C24H26ClN5O2/c1-17-15-22(27-20-7-9-21(32-2)10-8-20)28-24(26-17)30-13-11-29(12-14-30)23(31)16-18-3-5-19(25)6-4-18/h3-10,15H,11-14,16H2,1-2H3,(H,26,27,28). The van der Waals surface area contributed by atoms with Gasteiger partial charge >= 0.3 is 0 Å². The van der Waals surface area contributed by atoms with E-state index < -0.39 is 0 Å². The van der Waals surface area contributed by atoms with Gasteiger partial charge in [0.15, 0.2) is 0 Å². The fourth-order valence-corrected chi connectivity index (χ4v) is 3.75. The zero-order valence-corrected chi connectivity index (χ0v) is 19.0. The van der Waals surface area contributed by atoms with E-state index in [0.717, 1.165) is 28.5 Å². The number of methoxy groups -OCH3 is 1. The van der Waals surface area contributed by atoms with Crippen LogP contribution in [0.1, 0.15) is 11.3 Å². The van der Waals surface area contributed by atoms with Crippen LogP contribution in [-0.4, -0.2) is 54.1 Å². The van der Waals surface area contributed by atoms with E-state index in [2.05, 4.69) is 15.2 Å². The van der Waals surface area contributed by atoms with Crippen LogP contribution in [0.5, 0.6) is 5.75 Å². The monoisotopic (exact) mass is 451 g/mol. The van der Waals surface area contributed by atoms with Crippen LogP contribution in [0.15, 0.2) is 54.6 Å². The van der Waals surface area contributed by atoms with Gasteiger partial charge in [-0.05, 0) is 48.9 Å². The Balaban J connectivity index is 1.37. The number of aryl methyl sites for hydroxylation is 1. The van der Waals surface area contributed by atoms with Crippen molar-refractivity contribution >= 4 is 35.0 Å². The maximum atomic E-state index is 12.7. The maximum Gasteiger partial charge on any atom is 0.227 e. The van der Waals surface area contributed by atoms with Crippen molar-refractivity contribution in [3.05, 3.63) is 70.9 Å². The number of hydrogen-bond donors (Lipinski definition) is 1. The van der Waals surface area contributed by atoms with Crippen molar-refractivity contribution in [1.29, 1.82) is 0 Å². The smallest absolute Gasteiger partial charge is 0.227 e. The number of hydrogen-bond acceptors (Lipinski definition) is 6. The normalized spacial score (nSPS) is 13.7. The van der Waals surface area contributed by atoms with Crippen LogP contribution in [0.3, 0.4) is 0 Å². The first-order chi connectivity index (χ1) is 15.5. The third kappa shape index (κ3) is 5.48. The van der Waals surface area contributed by atoms with Gasteiger partial charge < -0.3 is 19.9 Å². The minimum Gasteiger partial charge on any atom is -0.497 e. The van der Waals surface area contributed by atoms with E-state index in [0.29, 0.717) is 43.6 Å². The summed E-state index contributed by atoms with van der Waals surface area (Å²) < 4.78 is 5.21. The van der Waals surface area contributed by atoms with Gasteiger partial charge in [0.25, 0.3) is 0 Å². The van der Waals surface area contributed by atoms with E-state index >= 15 is 0 Å². The number of carbonyl (C=O) groups excluding carboxylic acids is 1. The molecule has 1 aliphatic heterocycles. The number of benzene rings is 2. The van der Waals surface area contributed by atoms with Crippen LogP contribution in [0.2, 0.25) is 5.02 Å². The second-order valence-corrected chi connectivity index (χ2v) is 8.16. The molecular weight excluding hydrogens is 426 g/mol. The first-order valence-corrected chi connectivity index (χ1v) is 10.9. The first-order valence-electron chi connectivity index (χ1n) is 10.5. The number of rotatable bonds is 6. The summed E-state index contributed by atoms with van der Waals surface area (Å²) in [5.41, 5.74) is 2.78. The number of nitrogens with zero attached hydrogens (tertiary/aromatic N) is 4. The lowest BCUT2D eigenvalue weighted by Gasteiger charge is -2.35. The van der Waals surface area contributed by atoms with Crippen molar-refractivity contribution < 1.29 is 9.53 Å². The molecule has 0 saturated carbocycles. The first kappa shape index (κ1) is 21.9. The number of carbonyl (C=O) groups is 1. The second kappa shape index (κ2) is 9.87. The molecule has 0 radical (unpaired) electrons. The summed E-state index contributed by atoms with van der Waals surface area (Å²) in [6, 6.07) is 17.0. The van der Waals surface area contributed by atoms with Crippen LogP contribution < -0.4 is 15.0 Å². The molecule has 3 aromatic rings. The Hall–Kier alpha value is -3.32. The lowest BCUT2D eigenvalue weighted by molar-refractivity contribution is -0.130. The minimum atomic E-state index is 0.124. The van der Waals surface area contributed by atoms with Gasteiger partial charge in [0, 0.05) is 48.6 Å². The highest BCUT2D eigenvalue weighted by Gasteiger charge is 2.23. The van der Waals surface area contributed by atoms with Crippen LogP contribution >= 0.6 is 11.6 Å². The number of nitrogens with one attached hydrogen (secondary N) is 1. The summed E-state index contributed by atoms with van der Waals surface area (Å²) >= 11 is 5.93. The Morgan fingerprint density at radius 2 is 1.72 bits per heavy atom. The third-order valence-corrected chi connectivity index (χ3v) is 5.64. The van der Waals surface area contributed by atoms with Crippen molar-refractivity contribution in [3.63, 3.8) is 0 Å². The highest BCUT2D eigenvalue weighted by atomic mass is 35.5. The third-order valence-electron chi connectivity index (χ3n) is 5.39.